The molecule has 1 fully saturated rings. The lowest BCUT2D eigenvalue weighted by molar-refractivity contribution is -0.125. The quantitative estimate of drug-likeness (QED) is 0.781. The first-order valence-corrected chi connectivity index (χ1v) is 8.36. The van der Waals surface area contributed by atoms with E-state index in [0.717, 1.165) is 18.1 Å². The Labute approximate surface area is 145 Å². The van der Waals surface area contributed by atoms with Crippen LogP contribution in [0.25, 0.3) is 0 Å². The fourth-order valence-corrected chi connectivity index (χ4v) is 3.05. The zero-order valence-corrected chi connectivity index (χ0v) is 14.0. The second-order valence-electron chi connectivity index (χ2n) is 6.20. The highest BCUT2D eigenvalue weighted by molar-refractivity contribution is 5.80. The van der Waals surface area contributed by atoms with Gasteiger partial charge in [0.1, 0.15) is 11.6 Å². The van der Waals surface area contributed by atoms with E-state index in [4.69, 9.17) is 0 Å². The summed E-state index contributed by atoms with van der Waals surface area (Å²) in [7, 11) is 0. The molecule has 6 heteroatoms. The van der Waals surface area contributed by atoms with E-state index < -0.39 is 11.6 Å². The van der Waals surface area contributed by atoms with E-state index in [-0.39, 0.29) is 24.4 Å². The van der Waals surface area contributed by atoms with Crippen LogP contribution in [0.4, 0.5) is 8.78 Å². The van der Waals surface area contributed by atoms with Crippen LogP contribution in [0.15, 0.2) is 42.5 Å². The van der Waals surface area contributed by atoms with Crippen molar-refractivity contribution >= 4 is 5.91 Å². The predicted molar refractivity (Wildman–Crippen MR) is 91.4 cm³/mol. The molecule has 0 aromatic heterocycles. The molecule has 0 bridgehead atoms. The first kappa shape index (κ1) is 17.5. The summed E-state index contributed by atoms with van der Waals surface area (Å²) in [5, 5.41) is 2.77. The number of hydrogen-bond acceptors (Lipinski definition) is 3. The monoisotopic (exact) mass is 345 g/mol. The number of hydrazine groups is 1. The van der Waals surface area contributed by atoms with Gasteiger partial charge in [0.25, 0.3) is 0 Å². The molecule has 3 N–H and O–H groups in total. The Morgan fingerprint density at radius 2 is 1.80 bits per heavy atom. The molecule has 25 heavy (non-hydrogen) atoms. The molecule has 1 aliphatic heterocycles. The van der Waals surface area contributed by atoms with Crippen molar-refractivity contribution in [2.75, 3.05) is 6.54 Å². The Bertz CT molecular complexity index is 729. The Kier molecular flexibility index (Phi) is 5.40. The number of hydrogen-bond donors (Lipinski definition) is 3. The minimum Gasteiger partial charge on any atom is -0.352 e. The van der Waals surface area contributed by atoms with Crippen LogP contribution in [0.1, 0.15) is 29.7 Å². The minimum atomic E-state index is -0.651. The number of nitrogens with one attached hydrogen (secondary N) is 3. The Balaban J connectivity index is 1.65. The lowest BCUT2D eigenvalue weighted by atomic mass is 9.93. The SMILES string of the molecule is CCc1ccc(C2NNCC2C(=O)NCc2cc(F)cc(F)c2)cc1. The van der Waals surface area contributed by atoms with Crippen molar-refractivity contribution in [1.82, 2.24) is 16.2 Å². The van der Waals surface area contributed by atoms with Gasteiger partial charge in [-0.05, 0) is 35.2 Å². The smallest absolute Gasteiger partial charge is 0.226 e. The molecule has 1 saturated heterocycles. The molecule has 1 aliphatic rings. The maximum absolute atomic E-state index is 13.2. The summed E-state index contributed by atoms with van der Waals surface area (Å²) in [5.74, 6) is -1.76. The molecular weight excluding hydrogens is 324 g/mol. The van der Waals surface area contributed by atoms with E-state index in [9.17, 15) is 13.6 Å². The topological polar surface area (TPSA) is 53.2 Å². The molecule has 1 heterocycles. The van der Waals surface area contributed by atoms with E-state index in [1.165, 1.54) is 17.7 Å². The number of carbonyl (C=O) groups excluding carboxylic acids is 1. The zero-order chi connectivity index (χ0) is 17.8. The fourth-order valence-electron chi connectivity index (χ4n) is 3.05. The van der Waals surface area contributed by atoms with Crippen LogP contribution in [0.5, 0.6) is 0 Å². The molecule has 0 saturated carbocycles. The summed E-state index contributed by atoms with van der Waals surface area (Å²) in [6.07, 6.45) is 0.963. The average molecular weight is 345 g/mol. The lowest BCUT2D eigenvalue weighted by Crippen LogP contribution is -2.34. The molecule has 3 rings (SSSR count). The number of halogens is 2. The third kappa shape index (κ3) is 4.21. The van der Waals surface area contributed by atoms with E-state index in [0.29, 0.717) is 12.1 Å². The molecule has 2 unspecified atom stereocenters. The third-order valence-corrected chi connectivity index (χ3v) is 4.45. The van der Waals surface area contributed by atoms with Crippen molar-refractivity contribution in [3.05, 3.63) is 70.8 Å². The molecule has 0 aliphatic carbocycles. The van der Waals surface area contributed by atoms with Crippen molar-refractivity contribution in [1.29, 1.82) is 0 Å². The zero-order valence-electron chi connectivity index (χ0n) is 14.0. The number of aryl methyl sites for hydroxylation is 1. The summed E-state index contributed by atoms with van der Waals surface area (Å²) in [6, 6.07) is 11.3. The highest BCUT2D eigenvalue weighted by atomic mass is 19.1. The predicted octanol–water partition coefficient (Wildman–Crippen LogP) is 2.61. The third-order valence-electron chi connectivity index (χ3n) is 4.45. The second kappa shape index (κ2) is 7.72. The van der Waals surface area contributed by atoms with Crippen molar-refractivity contribution in [2.24, 2.45) is 5.92 Å². The summed E-state index contributed by atoms with van der Waals surface area (Å²) in [6.45, 7) is 2.67. The van der Waals surface area contributed by atoms with Crippen LogP contribution in [0, 0.1) is 17.6 Å². The summed E-state index contributed by atoms with van der Waals surface area (Å²) in [4.78, 5) is 12.5. The molecule has 0 spiro atoms. The number of amides is 1. The van der Waals surface area contributed by atoms with E-state index in [1.54, 1.807) is 0 Å². The van der Waals surface area contributed by atoms with Gasteiger partial charge in [0.2, 0.25) is 5.91 Å². The number of benzene rings is 2. The van der Waals surface area contributed by atoms with E-state index in [1.807, 2.05) is 12.1 Å². The van der Waals surface area contributed by atoms with Gasteiger partial charge in [0.15, 0.2) is 0 Å². The summed E-state index contributed by atoms with van der Waals surface area (Å²) in [5.41, 5.74) is 8.81. The van der Waals surface area contributed by atoms with Gasteiger partial charge in [0.05, 0.1) is 12.0 Å². The highest BCUT2D eigenvalue weighted by Gasteiger charge is 2.33. The van der Waals surface area contributed by atoms with Gasteiger partial charge in [-0.15, -0.1) is 0 Å². The fraction of sp³-hybridized carbons (Fsp3) is 0.316. The van der Waals surface area contributed by atoms with E-state index in [2.05, 4.69) is 35.2 Å². The molecule has 1 amide bonds. The van der Waals surface area contributed by atoms with Crippen LogP contribution < -0.4 is 16.2 Å². The van der Waals surface area contributed by atoms with Crippen LogP contribution >= 0.6 is 0 Å². The number of carbonyl (C=O) groups is 1. The van der Waals surface area contributed by atoms with Gasteiger partial charge >= 0.3 is 0 Å². The first-order valence-electron chi connectivity index (χ1n) is 8.36. The Hall–Kier alpha value is -2.31. The van der Waals surface area contributed by atoms with Crippen LogP contribution in [0.2, 0.25) is 0 Å². The van der Waals surface area contributed by atoms with Crippen LogP contribution in [-0.4, -0.2) is 12.5 Å². The van der Waals surface area contributed by atoms with Crippen LogP contribution in [-0.2, 0) is 17.8 Å². The molecular formula is C19H21F2N3O. The molecule has 0 radical (unpaired) electrons. The summed E-state index contributed by atoms with van der Waals surface area (Å²) < 4.78 is 26.5. The van der Waals surface area contributed by atoms with Crippen molar-refractivity contribution in [3.8, 4) is 0 Å². The van der Waals surface area contributed by atoms with Gasteiger partial charge in [-0.3, -0.25) is 10.2 Å². The van der Waals surface area contributed by atoms with E-state index >= 15 is 0 Å². The Morgan fingerprint density at radius 3 is 2.44 bits per heavy atom. The molecule has 2 atom stereocenters. The lowest BCUT2D eigenvalue weighted by Gasteiger charge is -2.19. The van der Waals surface area contributed by atoms with Gasteiger partial charge in [-0.2, -0.15) is 0 Å². The van der Waals surface area contributed by atoms with Crippen LogP contribution in [0.3, 0.4) is 0 Å². The van der Waals surface area contributed by atoms with Gasteiger partial charge in [-0.1, -0.05) is 31.2 Å². The first-order chi connectivity index (χ1) is 12.1. The second-order valence-corrected chi connectivity index (χ2v) is 6.20. The molecule has 2 aromatic carbocycles. The highest BCUT2D eigenvalue weighted by Crippen LogP contribution is 2.25. The molecule has 2 aromatic rings. The largest absolute Gasteiger partial charge is 0.352 e. The Morgan fingerprint density at radius 1 is 1.12 bits per heavy atom. The van der Waals surface area contributed by atoms with Crippen molar-refractivity contribution in [2.45, 2.75) is 25.9 Å². The van der Waals surface area contributed by atoms with Crippen molar-refractivity contribution < 1.29 is 13.6 Å². The van der Waals surface area contributed by atoms with Gasteiger partial charge in [-0.25, -0.2) is 14.2 Å². The maximum atomic E-state index is 13.2. The normalized spacial score (nSPS) is 19.8. The van der Waals surface area contributed by atoms with Gasteiger partial charge < -0.3 is 5.32 Å². The molecule has 4 nitrogen and oxygen atoms in total. The summed E-state index contributed by atoms with van der Waals surface area (Å²) >= 11 is 0. The standard InChI is InChI=1S/C19H21F2N3O/c1-2-12-3-5-14(6-4-12)18-17(11-23-24-18)19(25)22-10-13-7-15(20)9-16(21)8-13/h3-9,17-18,23-24H,2,10-11H2,1H3,(H,22,25). The van der Waals surface area contributed by atoms with Gasteiger partial charge in [0, 0.05) is 19.2 Å². The van der Waals surface area contributed by atoms with Crippen molar-refractivity contribution in [3.63, 3.8) is 0 Å². The average Bonchev–Trinajstić information content (AvgIpc) is 3.09. The minimum absolute atomic E-state index is 0.0888. The molecule has 132 valence electrons. The number of rotatable bonds is 5. The maximum Gasteiger partial charge on any atom is 0.226 e.